The highest BCUT2D eigenvalue weighted by molar-refractivity contribution is 7.11. The van der Waals surface area contributed by atoms with Crippen molar-refractivity contribution in [2.45, 2.75) is 39.7 Å². The summed E-state index contributed by atoms with van der Waals surface area (Å²) in [5.41, 5.74) is 9.19. The molecule has 0 aliphatic rings. The molecule has 0 spiro atoms. The van der Waals surface area contributed by atoms with E-state index in [0.29, 0.717) is 48.2 Å². The summed E-state index contributed by atoms with van der Waals surface area (Å²) >= 11 is 1.54. The molecular formula is C28H29FN6O3S. The number of ether oxygens (including phenoxy) is 3. The van der Waals surface area contributed by atoms with Crippen LogP contribution < -0.4 is 15.2 Å². The van der Waals surface area contributed by atoms with Crippen LogP contribution in [0.3, 0.4) is 0 Å². The molecule has 0 saturated carbocycles. The summed E-state index contributed by atoms with van der Waals surface area (Å²) in [5, 5.41) is 5.74. The lowest BCUT2D eigenvalue weighted by atomic mass is 10.2. The molecule has 0 radical (unpaired) electrons. The van der Waals surface area contributed by atoms with Gasteiger partial charge in [-0.05, 0) is 50.5 Å². The lowest BCUT2D eigenvalue weighted by molar-refractivity contribution is 0.132. The van der Waals surface area contributed by atoms with E-state index >= 15 is 0 Å². The molecule has 3 heterocycles. The van der Waals surface area contributed by atoms with Crippen molar-refractivity contribution in [2.24, 2.45) is 0 Å². The van der Waals surface area contributed by atoms with Gasteiger partial charge in [0.15, 0.2) is 5.82 Å². The predicted molar refractivity (Wildman–Crippen MR) is 148 cm³/mol. The third kappa shape index (κ3) is 6.50. The summed E-state index contributed by atoms with van der Waals surface area (Å²) in [6.07, 6.45) is 5.73. The number of halogens is 1. The van der Waals surface area contributed by atoms with E-state index in [0.717, 1.165) is 46.2 Å². The number of benzene rings is 2. The number of anilines is 1. The summed E-state index contributed by atoms with van der Waals surface area (Å²) in [6.45, 7) is 5.72. The fourth-order valence-electron chi connectivity index (χ4n) is 4.07. The van der Waals surface area contributed by atoms with Gasteiger partial charge in [0.25, 0.3) is 0 Å². The highest BCUT2D eigenvalue weighted by Crippen LogP contribution is 2.30. The van der Waals surface area contributed by atoms with Gasteiger partial charge in [0.05, 0.1) is 21.3 Å². The van der Waals surface area contributed by atoms with Gasteiger partial charge in [0.1, 0.15) is 47.0 Å². The van der Waals surface area contributed by atoms with Crippen molar-refractivity contribution < 1.29 is 18.6 Å². The summed E-state index contributed by atoms with van der Waals surface area (Å²) in [6, 6.07) is 11.6. The molecule has 0 saturated heterocycles. The Labute approximate surface area is 229 Å². The Morgan fingerprint density at radius 2 is 1.82 bits per heavy atom. The van der Waals surface area contributed by atoms with E-state index in [1.165, 1.54) is 29.8 Å². The maximum Gasteiger partial charge on any atom is 0.153 e. The first-order valence-corrected chi connectivity index (χ1v) is 13.5. The monoisotopic (exact) mass is 548 g/mol. The lowest BCUT2D eigenvalue weighted by Crippen LogP contribution is -2.01. The van der Waals surface area contributed by atoms with Crippen LogP contribution in [0.15, 0.2) is 55.0 Å². The normalized spacial score (nSPS) is 11.3. The highest BCUT2D eigenvalue weighted by atomic mass is 32.1. The minimum Gasteiger partial charge on any atom is -0.488 e. The molecule has 9 nitrogen and oxygen atoms in total. The second-order valence-corrected chi connectivity index (χ2v) is 10.2. The molecule has 39 heavy (non-hydrogen) atoms. The molecule has 11 heteroatoms. The first-order chi connectivity index (χ1) is 19.0. The fraction of sp³-hybridized carbons (Fsp3) is 0.286. The maximum atomic E-state index is 14.3. The smallest absolute Gasteiger partial charge is 0.153 e. The van der Waals surface area contributed by atoms with Crippen molar-refractivity contribution in [3.63, 3.8) is 0 Å². The topological polar surface area (TPSA) is 110 Å². The zero-order chi connectivity index (χ0) is 27.2. The van der Waals surface area contributed by atoms with E-state index < -0.39 is 5.82 Å². The first-order valence-electron chi connectivity index (χ1n) is 12.7. The minimum atomic E-state index is -0.453. The molecule has 0 unspecified atom stereocenters. The van der Waals surface area contributed by atoms with Gasteiger partial charge in [0.2, 0.25) is 0 Å². The molecule has 0 atom stereocenters. The summed E-state index contributed by atoms with van der Waals surface area (Å²) in [4.78, 5) is 13.8. The number of nitrogens with zero attached hydrogens (tertiary/aromatic N) is 5. The molecule has 0 amide bonds. The molecule has 2 N–H and O–H groups in total. The number of fused-ring (bicyclic) bond motifs is 1. The molecule has 0 fully saturated rings. The van der Waals surface area contributed by atoms with Crippen LogP contribution in [-0.4, -0.2) is 37.9 Å². The Hall–Kier alpha value is -4.09. The van der Waals surface area contributed by atoms with Crippen LogP contribution in [0.25, 0.3) is 16.7 Å². The van der Waals surface area contributed by atoms with Gasteiger partial charge in [-0.2, -0.15) is 5.10 Å². The Kier molecular flexibility index (Phi) is 8.28. The van der Waals surface area contributed by atoms with Crippen LogP contribution >= 0.6 is 11.3 Å². The third-order valence-electron chi connectivity index (χ3n) is 5.82. The molecule has 0 aliphatic heterocycles. The lowest BCUT2D eigenvalue weighted by Gasteiger charge is -2.10. The number of nitrogens with two attached hydrogens (primary N) is 1. The van der Waals surface area contributed by atoms with E-state index in [2.05, 4.69) is 21.9 Å². The number of nitrogen functional groups attached to an aromatic ring is 1. The Bertz CT molecular complexity index is 1550. The van der Waals surface area contributed by atoms with Gasteiger partial charge in [-0.1, -0.05) is 6.92 Å². The molecule has 2 aromatic carbocycles. The average Bonchev–Trinajstić information content (AvgIpc) is 3.51. The standard InChI is InChI=1S/C28H29FN6O3S/c1-3-10-36-11-4-5-25-26-27(28(30)33-17-32-26)35(34-25)20-6-8-21(9-7-20)38-23-13-19(29)12-22(14-23)37-16-24-15-31-18(2)39-24/h6-9,12-15,17H,3-5,10-11,16H2,1-2H3,(H2,30,32,33). The predicted octanol–water partition coefficient (Wildman–Crippen LogP) is 6.03. The molecule has 0 bridgehead atoms. The van der Waals surface area contributed by atoms with Gasteiger partial charge in [0, 0.05) is 37.6 Å². The highest BCUT2D eigenvalue weighted by Gasteiger charge is 2.16. The molecule has 5 aromatic rings. The summed E-state index contributed by atoms with van der Waals surface area (Å²) < 4.78 is 33.3. The van der Waals surface area contributed by atoms with Gasteiger partial charge in [-0.15, -0.1) is 11.3 Å². The summed E-state index contributed by atoms with van der Waals surface area (Å²) in [5.74, 6) is 1.13. The van der Waals surface area contributed by atoms with E-state index in [1.807, 2.05) is 19.1 Å². The van der Waals surface area contributed by atoms with Gasteiger partial charge < -0.3 is 19.9 Å². The number of hydrogen-bond acceptors (Lipinski definition) is 9. The van der Waals surface area contributed by atoms with Crippen molar-refractivity contribution in [1.29, 1.82) is 0 Å². The molecule has 3 aromatic heterocycles. The minimum absolute atomic E-state index is 0.307. The van der Waals surface area contributed by atoms with Crippen molar-refractivity contribution in [1.82, 2.24) is 24.7 Å². The second-order valence-electron chi connectivity index (χ2n) is 8.88. The number of aromatic nitrogens is 5. The van der Waals surface area contributed by atoms with Crippen LogP contribution in [0, 0.1) is 12.7 Å². The SMILES string of the molecule is CCCOCCCc1nn(-c2ccc(Oc3cc(F)cc(OCc4cnc(C)s4)c3)cc2)c2c(N)ncnc12. The van der Waals surface area contributed by atoms with Crippen molar-refractivity contribution in [2.75, 3.05) is 18.9 Å². The summed E-state index contributed by atoms with van der Waals surface area (Å²) in [7, 11) is 0. The number of aryl methyl sites for hydroxylation is 2. The van der Waals surface area contributed by atoms with Crippen molar-refractivity contribution in [3.05, 3.63) is 76.4 Å². The van der Waals surface area contributed by atoms with E-state index in [4.69, 9.17) is 25.0 Å². The molecule has 202 valence electrons. The van der Waals surface area contributed by atoms with Gasteiger partial charge in [-0.25, -0.2) is 24.0 Å². The molecule has 0 aliphatic carbocycles. The van der Waals surface area contributed by atoms with Gasteiger partial charge >= 0.3 is 0 Å². The molecule has 5 rings (SSSR count). The van der Waals surface area contributed by atoms with Crippen LogP contribution in [0.1, 0.15) is 35.3 Å². The van der Waals surface area contributed by atoms with Crippen molar-refractivity contribution in [3.8, 4) is 22.9 Å². The van der Waals surface area contributed by atoms with Crippen LogP contribution in [0.2, 0.25) is 0 Å². The maximum absolute atomic E-state index is 14.3. The first kappa shape index (κ1) is 26.5. The van der Waals surface area contributed by atoms with Gasteiger partial charge in [-0.3, -0.25) is 0 Å². The quantitative estimate of drug-likeness (QED) is 0.188. The average molecular weight is 549 g/mol. The van der Waals surface area contributed by atoms with Crippen LogP contribution in [0.4, 0.5) is 10.2 Å². The zero-order valence-corrected chi connectivity index (χ0v) is 22.6. The number of thiazole rings is 1. The van der Waals surface area contributed by atoms with Crippen LogP contribution in [0.5, 0.6) is 17.2 Å². The van der Waals surface area contributed by atoms with E-state index in [-0.39, 0.29) is 0 Å². The third-order valence-corrected chi connectivity index (χ3v) is 6.71. The molecular weight excluding hydrogens is 519 g/mol. The number of rotatable bonds is 12. The Morgan fingerprint density at radius 3 is 2.59 bits per heavy atom. The fourth-order valence-corrected chi connectivity index (χ4v) is 4.78. The van der Waals surface area contributed by atoms with E-state index in [9.17, 15) is 4.39 Å². The number of hydrogen-bond donors (Lipinski definition) is 1. The van der Waals surface area contributed by atoms with Crippen molar-refractivity contribution >= 4 is 28.2 Å². The van der Waals surface area contributed by atoms with Crippen LogP contribution in [-0.2, 0) is 17.8 Å². The Morgan fingerprint density at radius 1 is 1.00 bits per heavy atom. The second kappa shape index (κ2) is 12.2. The Balaban J connectivity index is 1.31. The largest absolute Gasteiger partial charge is 0.488 e. The zero-order valence-electron chi connectivity index (χ0n) is 21.8. The van der Waals surface area contributed by atoms with E-state index in [1.54, 1.807) is 29.1 Å².